The molecule has 1 N–H and O–H groups in total. The van der Waals surface area contributed by atoms with Gasteiger partial charge in [-0.2, -0.15) is 10.2 Å². The molecule has 2 rings (SSSR count). The van der Waals surface area contributed by atoms with E-state index in [1.807, 2.05) is 30.3 Å². The molecule has 4 nitrogen and oxygen atoms in total. The van der Waals surface area contributed by atoms with E-state index >= 15 is 0 Å². The molecule has 1 aromatic carbocycles. The quantitative estimate of drug-likeness (QED) is 0.762. The molecule has 0 aromatic heterocycles. The van der Waals surface area contributed by atoms with E-state index in [2.05, 4.69) is 10.2 Å². The summed E-state index contributed by atoms with van der Waals surface area (Å²) >= 11 is 0. The second-order valence-corrected chi connectivity index (χ2v) is 3.92. The average molecular weight is 203 g/mol. The molecule has 0 spiro atoms. The third-order valence-corrected chi connectivity index (χ3v) is 2.28. The first-order valence-corrected chi connectivity index (χ1v) is 4.78. The van der Waals surface area contributed by atoms with Gasteiger partial charge in [0.05, 0.1) is 6.20 Å². The van der Waals surface area contributed by atoms with Crippen LogP contribution in [0.5, 0.6) is 0 Å². The minimum absolute atomic E-state index is 0.664. The van der Waals surface area contributed by atoms with Crippen LogP contribution in [0.3, 0.4) is 0 Å². The average Bonchev–Trinajstić information content (AvgIpc) is 2.23. The largest absolute Gasteiger partial charge is 0.286 e. The summed E-state index contributed by atoms with van der Waals surface area (Å²) < 4.78 is 0. The second-order valence-electron chi connectivity index (χ2n) is 3.92. The van der Waals surface area contributed by atoms with Gasteiger partial charge in [-0.05, 0) is 13.8 Å². The molecule has 4 heteroatoms. The minimum Gasteiger partial charge on any atom is -0.286 e. The molecule has 0 amide bonds. The van der Waals surface area contributed by atoms with Gasteiger partial charge in [0.1, 0.15) is 5.70 Å². The number of hydroxylamine groups is 2. The SMILES string of the molecule is CC1(C)N=NC(c2ccccc2)=CN1O. The lowest BCUT2D eigenvalue weighted by molar-refractivity contribution is -0.118. The van der Waals surface area contributed by atoms with Crippen LogP contribution >= 0.6 is 0 Å². The molecular weight excluding hydrogens is 190 g/mol. The summed E-state index contributed by atoms with van der Waals surface area (Å²) in [5.41, 5.74) is 0.923. The van der Waals surface area contributed by atoms with Gasteiger partial charge in [-0.25, -0.2) is 5.06 Å². The third kappa shape index (κ3) is 1.89. The predicted octanol–water partition coefficient (Wildman–Crippen LogP) is 2.88. The van der Waals surface area contributed by atoms with Crippen molar-refractivity contribution in [3.63, 3.8) is 0 Å². The van der Waals surface area contributed by atoms with Crippen molar-refractivity contribution < 1.29 is 5.21 Å². The van der Waals surface area contributed by atoms with Crippen molar-refractivity contribution in [2.45, 2.75) is 19.5 Å². The van der Waals surface area contributed by atoms with E-state index in [4.69, 9.17) is 0 Å². The van der Waals surface area contributed by atoms with E-state index < -0.39 is 5.66 Å². The molecule has 1 aromatic rings. The van der Waals surface area contributed by atoms with E-state index in [1.165, 1.54) is 0 Å². The Kier molecular flexibility index (Phi) is 2.28. The molecule has 1 aliphatic heterocycles. The summed E-state index contributed by atoms with van der Waals surface area (Å²) in [7, 11) is 0. The van der Waals surface area contributed by atoms with E-state index in [0.717, 1.165) is 10.6 Å². The Hall–Kier alpha value is -1.68. The molecule has 0 atom stereocenters. The highest BCUT2D eigenvalue weighted by atomic mass is 16.5. The fraction of sp³-hybridized carbons (Fsp3) is 0.273. The lowest BCUT2D eigenvalue weighted by Gasteiger charge is -2.30. The molecule has 78 valence electrons. The van der Waals surface area contributed by atoms with Crippen LogP contribution in [0.2, 0.25) is 0 Å². The molecule has 0 unspecified atom stereocenters. The maximum absolute atomic E-state index is 9.67. The maximum atomic E-state index is 9.67. The molecule has 0 radical (unpaired) electrons. The van der Waals surface area contributed by atoms with Crippen LogP contribution in [0.15, 0.2) is 46.8 Å². The smallest absolute Gasteiger partial charge is 0.170 e. The number of azo groups is 1. The Balaban J connectivity index is 2.32. The van der Waals surface area contributed by atoms with Gasteiger partial charge < -0.3 is 0 Å². The minimum atomic E-state index is -0.682. The highest BCUT2D eigenvalue weighted by molar-refractivity contribution is 5.64. The highest BCUT2D eigenvalue weighted by Crippen LogP contribution is 2.27. The summed E-state index contributed by atoms with van der Waals surface area (Å²) in [6.07, 6.45) is 1.59. The van der Waals surface area contributed by atoms with Gasteiger partial charge in [0.15, 0.2) is 5.66 Å². The first-order valence-electron chi connectivity index (χ1n) is 4.78. The first kappa shape index (κ1) is 9.86. The Morgan fingerprint density at radius 1 is 1.20 bits per heavy atom. The standard InChI is InChI=1S/C11H13N3O/c1-11(2)13-12-10(8-14(11)15)9-6-4-3-5-7-9/h3-8,15H,1-2H3. The Labute approximate surface area is 88.5 Å². The lowest BCUT2D eigenvalue weighted by atomic mass is 10.1. The predicted molar refractivity (Wildman–Crippen MR) is 57.0 cm³/mol. The molecule has 1 aliphatic rings. The molecule has 15 heavy (non-hydrogen) atoms. The summed E-state index contributed by atoms with van der Waals surface area (Å²) in [6.45, 7) is 3.57. The van der Waals surface area contributed by atoms with Crippen molar-refractivity contribution in [1.82, 2.24) is 5.06 Å². The Morgan fingerprint density at radius 2 is 1.87 bits per heavy atom. The topological polar surface area (TPSA) is 48.2 Å². The zero-order valence-electron chi connectivity index (χ0n) is 8.75. The van der Waals surface area contributed by atoms with Crippen LogP contribution in [0.4, 0.5) is 0 Å². The van der Waals surface area contributed by atoms with Crippen molar-refractivity contribution in [3.8, 4) is 0 Å². The molecule has 1 heterocycles. The van der Waals surface area contributed by atoms with Gasteiger partial charge in [-0.15, -0.1) is 0 Å². The van der Waals surface area contributed by atoms with Crippen LogP contribution in [0, 0.1) is 0 Å². The Morgan fingerprint density at radius 3 is 2.47 bits per heavy atom. The zero-order chi connectivity index (χ0) is 10.9. The van der Waals surface area contributed by atoms with Crippen LogP contribution in [-0.4, -0.2) is 15.9 Å². The number of hydrogen-bond donors (Lipinski definition) is 1. The van der Waals surface area contributed by atoms with Gasteiger partial charge in [-0.1, -0.05) is 30.3 Å². The van der Waals surface area contributed by atoms with Gasteiger partial charge in [0.25, 0.3) is 0 Å². The first-order chi connectivity index (χ1) is 7.09. The lowest BCUT2D eigenvalue weighted by Crippen LogP contribution is -2.37. The van der Waals surface area contributed by atoms with Crippen molar-refractivity contribution >= 4 is 5.70 Å². The highest BCUT2D eigenvalue weighted by Gasteiger charge is 2.26. The van der Waals surface area contributed by atoms with Gasteiger partial charge >= 0.3 is 0 Å². The van der Waals surface area contributed by atoms with Crippen LogP contribution in [0.25, 0.3) is 5.70 Å². The molecular formula is C11H13N3O. The summed E-state index contributed by atoms with van der Waals surface area (Å²) in [4.78, 5) is 0. The van der Waals surface area contributed by atoms with Crippen LogP contribution in [0.1, 0.15) is 19.4 Å². The van der Waals surface area contributed by atoms with Crippen LogP contribution < -0.4 is 0 Å². The zero-order valence-corrected chi connectivity index (χ0v) is 8.75. The Bertz CT molecular complexity index is 409. The fourth-order valence-corrected chi connectivity index (χ4v) is 1.26. The van der Waals surface area contributed by atoms with Crippen molar-refractivity contribution in [3.05, 3.63) is 42.1 Å². The van der Waals surface area contributed by atoms with Crippen LogP contribution in [-0.2, 0) is 0 Å². The number of rotatable bonds is 1. The maximum Gasteiger partial charge on any atom is 0.170 e. The molecule has 0 saturated carbocycles. The third-order valence-electron chi connectivity index (χ3n) is 2.28. The molecule has 0 bridgehead atoms. The van der Waals surface area contributed by atoms with Gasteiger partial charge in [-0.3, -0.25) is 5.21 Å². The van der Waals surface area contributed by atoms with E-state index in [0.29, 0.717) is 5.70 Å². The molecule has 0 aliphatic carbocycles. The monoisotopic (exact) mass is 203 g/mol. The normalized spacial score (nSPS) is 18.9. The second kappa shape index (κ2) is 3.47. The van der Waals surface area contributed by atoms with E-state index in [-0.39, 0.29) is 0 Å². The summed E-state index contributed by atoms with van der Waals surface area (Å²) in [5.74, 6) is 0. The van der Waals surface area contributed by atoms with Crippen molar-refractivity contribution in [1.29, 1.82) is 0 Å². The number of benzene rings is 1. The van der Waals surface area contributed by atoms with Crippen molar-refractivity contribution in [2.24, 2.45) is 10.2 Å². The van der Waals surface area contributed by atoms with Gasteiger partial charge in [0, 0.05) is 5.56 Å². The fourth-order valence-electron chi connectivity index (χ4n) is 1.26. The molecule has 0 saturated heterocycles. The summed E-state index contributed by atoms with van der Waals surface area (Å²) in [6, 6.07) is 9.64. The van der Waals surface area contributed by atoms with E-state index in [9.17, 15) is 5.21 Å². The van der Waals surface area contributed by atoms with Crippen molar-refractivity contribution in [2.75, 3.05) is 0 Å². The van der Waals surface area contributed by atoms with Gasteiger partial charge in [0.2, 0.25) is 0 Å². The molecule has 0 fully saturated rings. The summed E-state index contributed by atoms with van der Waals surface area (Å²) in [5, 5.41) is 18.9. The number of hydrogen-bond acceptors (Lipinski definition) is 4. The number of nitrogens with zero attached hydrogens (tertiary/aromatic N) is 3. The van der Waals surface area contributed by atoms with E-state index in [1.54, 1.807) is 20.0 Å².